The molecule has 0 spiro atoms. The quantitative estimate of drug-likeness (QED) is 0.783. The highest BCUT2D eigenvalue weighted by Gasteiger charge is 2.11. The predicted molar refractivity (Wildman–Crippen MR) is 87.6 cm³/mol. The average molecular weight is 297 g/mol. The van der Waals surface area contributed by atoms with Gasteiger partial charge < -0.3 is 9.88 Å². The van der Waals surface area contributed by atoms with Crippen LogP contribution >= 0.6 is 0 Å². The first kappa shape index (κ1) is 14.7. The van der Waals surface area contributed by atoms with Gasteiger partial charge in [-0.1, -0.05) is 18.2 Å². The van der Waals surface area contributed by atoms with E-state index in [0.29, 0.717) is 6.54 Å². The molecule has 3 aromatic rings. The van der Waals surface area contributed by atoms with Crippen LogP contribution in [0.4, 0.5) is 4.39 Å². The third-order valence-corrected chi connectivity index (χ3v) is 3.81. The molecular weight excluding hydrogens is 277 g/mol. The Hall–Kier alpha value is -2.20. The topological polar surface area (TPSA) is 29.9 Å². The van der Waals surface area contributed by atoms with E-state index in [1.165, 1.54) is 11.6 Å². The second kappa shape index (κ2) is 6.28. The molecule has 0 radical (unpaired) electrons. The Morgan fingerprint density at radius 3 is 2.82 bits per heavy atom. The van der Waals surface area contributed by atoms with Crippen LogP contribution in [-0.2, 0) is 13.0 Å². The average Bonchev–Trinajstić information content (AvgIpc) is 2.82. The molecule has 0 bridgehead atoms. The standard InChI is InChI=1S/C18H20FN3/c1-13-6-7-17-16(10-13)21-18(8-9-20-2)22(17)12-14-4-3-5-15(19)11-14/h3-7,10-11,20H,8-9,12H2,1-2H3. The lowest BCUT2D eigenvalue weighted by Crippen LogP contribution is -2.14. The minimum Gasteiger partial charge on any atom is -0.323 e. The van der Waals surface area contributed by atoms with Crippen LogP contribution in [-0.4, -0.2) is 23.1 Å². The van der Waals surface area contributed by atoms with E-state index in [1.807, 2.05) is 13.1 Å². The smallest absolute Gasteiger partial charge is 0.123 e. The Morgan fingerprint density at radius 1 is 1.18 bits per heavy atom. The van der Waals surface area contributed by atoms with Crippen LogP contribution in [0.2, 0.25) is 0 Å². The number of rotatable bonds is 5. The molecule has 3 rings (SSSR count). The lowest BCUT2D eigenvalue weighted by molar-refractivity contribution is 0.622. The van der Waals surface area contributed by atoms with Gasteiger partial charge >= 0.3 is 0 Å². The van der Waals surface area contributed by atoms with Crippen LogP contribution in [0.5, 0.6) is 0 Å². The first-order valence-corrected chi connectivity index (χ1v) is 7.52. The number of likely N-dealkylation sites (N-methyl/N-ethyl adjacent to an activating group) is 1. The highest BCUT2D eigenvalue weighted by atomic mass is 19.1. The van der Waals surface area contributed by atoms with Crippen molar-refractivity contribution in [2.75, 3.05) is 13.6 Å². The Morgan fingerprint density at radius 2 is 2.05 bits per heavy atom. The minimum absolute atomic E-state index is 0.199. The van der Waals surface area contributed by atoms with Crippen molar-refractivity contribution in [3.8, 4) is 0 Å². The first-order chi connectivity index (χ1) is 10.7. The summed E-state index contributed by atoms with van der Waals surface area (Å²) in [4.78, 5) is 4.76. The number of aryl methyl sites for hydroxylation is 1. The number of aromatic nitrogens is 2. The third-order valence-electron chi connectivity index (χ3n) is 3.81. The molecule has 0 aliphatic carbocycles. The second-order valence-electron chi connectivity index (χ2n) is 5.59. The molecule has 0 aliphatic heterocycles. The van der Waals surface area contributed by atoms with Crippen LogP contribution in [0.25, 0.3) is 11.0 Å². The summed E-state index contributed by atoms with van der Waals surface area (Å²) < 4.78 is 15.6. The van der Waals surface area contributed by atoms with Crippen molar-refractivity contribution in [1.82, 2.24) is 14.9 Å². The summed E-state index contributed by atoms with van der Waals surface area (Å²) in [5.74, 6) is 0.828. The number of hydrogen-bond donors (Lipinski definition) is 1. The maximum Gasteiger partial charge on any atom is 0.123 e. The molecule has 1 aromatic heterocycles. The summed E-state index contributed by atoms with van der Waals surface area (Å²) in [6.45, 7) is 3.57. The zero-order valence-electron chi connectivity index (χ0n) is 12.9. The van der Waals surface area contributed by atoms with E-state index in [-0.39, 0.29) is 5.82 Å². The van der Waals surface area contributed by atoms with Crippen LogP contribution in [0.1, 0.15) is 17.0 Å². The van der Waals surface area contributed by atoms with Crippen LogP contribution in [0, 0.1) is 12.7 Å². The largest absolute Gasteiger partial charge is 0.323 e. The minimum atomic E-state index is -0.199. The molecule has 0 fully saturated rings. The molecule has 1 heterocycles. The zero-order valence-corrected chi connectivity index (χ0v) is 12.9. The Kier molecular flexibility index (Phi) is 4.20. The first-order valence-electron chi connectivity index (χ1n) is 7.52. The van der Waals surface area contributed by atoms with Crippen molar-refractivity contribution in [2.24, 2.45) is 0 Å². The molecule has 4 heteroatoms. The Bertz CT molecular complexity index is 792. The van der Waals surface area contributed by atoms with Crippen LogP contribution < -0.4 is 5.32 Å². The van der Waals surface area contributed by atoms with E-state index in [1.54, 1.807) is 12.1 Å². The van der Waals surface area contributed by atoms with Crippen molar-refractivity contribution < 1.29 is 4.39 Å². The normalized spacial score (nSPS) is 11.2. The summed E-state index contributed by atoms with van der Waals surface area (Å²) in [5, 5.41) is 3.16. The number of fused-ring (bicyclic) bond motifs is 1. The number of benzene rings is 2. The van der Waals surface area contributed by atoms with Gasteiger partial charge in [-0.2, -0.15) is 0 Å². The van der Waals surface area contributed by atoms with Gasteiger partial charge in [0.15, 0.2) is 0 Å². The summed E-state index contributed by atoms with van der Waals surface area (Å²) in [6, 6.07) is 13.0. The fraction of sp³-hybridized carbons (Fsp3) is 0.278. The lowest BCUT2D eigenvalue weighted by Gasteiger charge is -2.10. The molecule has 0 atom stereocenters. The van der Waals surface area contributed by atoms with Gasteiger partial charge in [0.25, 0.3) is 0 Å². The molecule has 1 N–H and O–H groups in total. The van der Waals surface area contributed by atoms with Crippen molar-refractivity contribution in [2.45, 2.75) is 19.9 Å². The van der Waals surface area contributed by atoms with Crippen molar-refractivity contribution in [1.29, 1.82) is 0 Å². The molecule has 2 aromatic carbocycles. The van der Waals surface area contributed by atoms with Crippen molar-refractivity contribution in [3.63, 3.8) is 0 Å². The molecule has 0 aliphatic rings. The second-order valence-corrected chi connectivity index (χ2v) is 5.59. The fourth-order valence-corrected chi connectivity index (χ4v) is 2.71. The number of nitrogens with one attached hydrogen (secondary N) is 1. The van der Waals surface area contributed by atoms with Gasteiger partial charge in [0.05, 0.1) is 11.0 Å². The molecule has 0 unspecified atom stereocenters. The molecule has 3 nitrogen and oxygen atoms in total. The summed E-state index contributed by atoms with van der Waals surface area (Å²) in [5.41, 5.74) is 4.25. The lowest BCUT2D eigenvalue weighted by atomic mass is 10.2. The monoisotopic (exact) mass is 297 g/mol. The Balaban J connectivity index is 2.04. The maximum atomic E-state index is 13.4. The van der Waals surface area contributed by atoms with E-state index >= 15 is 0 Å². The molecule has 114 valence electrons. The van der Waals surface area contributed by atoms with Gasteiger partial charge in [0, 0.05) is 19.5 Å². The van der Waals surface area contributed by atoms with E-state index in [9.17, 15) is 4.39 Å². The number of hydrogen-bond acceptors (Lipinski definition) is 2. The van der Waals surface area contributed by atoms with Gasteiger partial charge in [0.1, 0.15) is 11.6 Å². The van der Waals surface area contributed by atoms with E-state index in [2.05, 4.69) is 35.0 Å². The highest BCUT2D eigenvalue weighted by Crippen LogP contribution is 2.20. The zero-order chi connectivity index (χ0) is 15.5. The van der Waals surface area contributed by atoms with Crippen molar-refractivity contribution >= 4 is 11.0 Å². The van der Waals surface area contributed by atoms with E-state index in [4.69, 9.17) is 4.98 Å². The van der Waals surface area contributed by atoms with Crippen LogP contribution in [0.15, 0.2) is 42.5 Å². The summed E-state index contributed by atoms with van der Waals surface area (Å²) in [6.07, 6.45) is 0.847. The summed E-state index contributed by atoms with van der Waals surface area (Å²) >= 11 is 0. The van der Waals surface area contributed by atoms with Gasteiger partial charge in [-0.05, 0) is 49.4 Å². The van der Waals surface area contributed by atoms with Crippen molar-refractivity contribution in [3.05, 3.63) is 65.2 Å². The molecular formula is C18H20FN3. The number of imidazole rings is 1. The maximum absolute atomic E-state index is 13.4. The van der Waals surface area contributed by atoms with Gasteiger partial charge in [-0.3, -0.25) is 0 Å². The number of halogens is 1. The highest BCUT2D eigenvalue weighted by molar-refractivity contribution is 5.77. The van der Waals surface area contributed by atoms with Gasteiger partial charge in [0.2, 0.25) is 0 Å². The Labute approximate surface area is 129 Å². The summed E-state index contributed by atoms with van der Waals surface area (Å²) in [7, 11) is 1.93. The molecule has 0 saturated heterocycles. The van der Waals surface area contributed by atoms with E-state index in [0.717, 1.165) is 35.4 Å². The third kappa shape index (κ3) is 3.02. The fourth-order valence-electron chi connectivity index (χ4n) is 2.71. The predicted octanol–water partition coefficient (Wildman–Crippen LogP) is 3.29. The molecule has 22 heavy (non-hydrogen) atoms. The van der Waals surface area contributed by atoms with Gasteiger partial charge in [-0.25, -0.2) is 9.37 Å². The SMILES string of the molecule is CNCCc1nc2cc(C)ccc2n1Cc1cccc(F)c1. The van der Waals surface area contributed by atoms with Gasteiger partial charge in [-0.15, -0.1) is 0 Å². The number of nitrogens with zero attached hydrogens (tertiary/aromatic N) is 2. The molecule has 0 amide bonds. The van der Waals surface area contributed by atoms with E-state index < -0.39 is 0 Å². The molecule has 0 saturated carbocycles. The van der Waals surface area contributed by atoms with Crippen LogP contribution in [0.3, 0.4) is 0 Å².